The third kappa shape index (κ3) is 2.41. The summed E-state index contributed by atoms with van der Waals surface area (Å²) in [4.78, 5) is 11.2. The summed E-state index contributed by atoms with van der Waals surface area (Å²) in [6.45, 7) is 1.96. The zero-order valence-electron chi connectivity index (χ0n) is 14.6. The highest BCUT2D eigenvalue weighted by atomic mass is 16.6. The molecule has 0 spiro atoms. The molecule has 2 aliphatic rings. The Morgan fingerprint density at radius 2 is 2.12 bits per heavy atom. The van der Waals surface area contributed by atoms with Crippen LogP contribution in [0.3, 0.4) is 0 Å². The van der Waals surface area contributed by atoms with Gasteiger partial charge in [-0.15, -0.1) is 0 Å². The second-order valence-electron chi connectivity index (χ2n) is 6.85. The number of hydrogen-bond donors (Lipinski definition) is 2. The van der Waals surface area contributed by atoms with Crippen LogP contribution in [-0.2, 0) is 0 Å². The number of ether oxygens (including phenoxy) is 1. The molecule has 0 fully saturated rings. The number of benzene rings is 2. The van der Waals surface area contributed by atoms with Gasteiger partial charge in [-0.2, -0.15) is 0 Å². The van der Waals surface area contributed by atoms with Gasteiger partial charge in [0.15, 0.2) is 11.5 Å². The van der Waals surface area contributed by atoms with Gasteiger partial charge in [0, 0.05) is 17.7 Å². The number of allylic oxidation sites excluding steroid dienone is 2. The Morgan fingerprint density at radius 1 is 1.31 bits per heavy atom. The van der Waals surface area contributed by atoms with Gasteiger partial charge in [-0.05, 0) is 42.5 Å². The van der Waals surface area contributed by atoms with Crippen LogP contribution < -0.4 is 10.1 Å². The Kier molecular flexibility index (Phi) is 3.83. The lowest BCUT2D eigenvalue weighted by Crippen LogP contribution is -2.30. The smallest absolute Gasteiger partial charge is 0.275 e. The molecule has 0 bridgehead atoms. The van der Waals surface area contributed by atoms with Crippen LogP contribution in [0.1, 0.15) is 35.1 Å². The number of anilines is 1. The summed E-state index contributed by atoms with van der Waals surface area (Å²) in [7, 11) is 1.52. The van der Waals surface area contributed by atoms with Gasteiger partial charge >= 0.3 is 0 Å². The maximum absolute atomic E-state index is 11.5. The van der Waals surface area contributed by atoms with Crippen LogP contribution in [0.2, 0.25) is 0 Å². The minimum atomic E-state index is -0.303. The molecule has 0 aromatic heterocycles. The van der Waals surface area contributed by atoms with Gasteiger partial charge in [-0.3, -0.25) is 10.1 Å². The lowest BCUT2D eigenvalue weighted by atomic mass is 9.75. The van der Waals surface area contributed by atoms with Gasteiger partial charge in [0.05, 0.1) is 23.6 Å². The third-order valence-corrected chi connectivity index (χ3v) is 5.46. The summed E-state index contributed by atoms with van der Waals surface area (Å²) in [6, 6.07) is 8.73. The molecule has 1 heterocycles. The second kappa shape index (κ2) is 6.05. The Bertz CT molecular complexity index is 922. The summed E-state index contributed by atoms with van der Waals surface area (Å²) in [5, 5.41) is 25.2. The molecule has 6 heteroatoms. The molecule has 0 amide bonds. The molecule has 6 nitrogen and oxygen atoms in total. The Morgan fingerprint density at radius 3 is 2.81 bits per heavy atom. The van der Waals surface area contributed by atoms with E-state index in [1.165, 1.54) is 7.11 Å². The number of nitro benzene ring substituents is 1. The molecule has 134 valence electrons. The molecule has 3 atom stereocenters. The van der Waals surface area contributed by atoms with Crippen molar-refractivity contribution in [2.24, 2.45) is 5.92 Å². The van der Waals surface area contributed by atoms with Crippen molar-refractivity contribution in [1.82, 2.24) is 0 Å². The summed E-state index contributed by atoms with van der Waals surface area (Å²) in [6.07, 6.45) is 5.00. The van der Waals surface area contributed by atoms with Gasteiger partial charge < -0.3 is 15.2 Å². The van der Waals surface area contributed by atoms with E-state index in [-0.39, 0.29) is 34.2 Å². The summed E-state index contributed by atoms with van der Waals surface area (Å²) >= 11 is 0. The first-order valence-corrected chi connectivity index (χ1v) is 8.59. The fourth-order valence-corrected chi connectivity index (χ4v) is 4.22. The highest BCUT2D eigenvalue weighted by molar-refractivity contribution is 5.70. The molecule has 0 saturated heterocycles. The number of aryl methyl sites for hydroxylation is 1. The van der Waals surface area contributed by atoms with Gasteiger partial charge in [-0.25, -0.2) is 0 Å². The van der Waals surface area contributed by atoms with Crippen LogP contribution >= 0.6 is 0 Å². The van der Waals surface area contributed by atoms with E-state index in [2.05, 4.69) is 17.5 Å². The minimum Gasteiger partial charge on any atom is -0.504 e. The SMILES string of the molecule is COc1ccc(C2Nc3c(C)ccc([N+](=O)[O-])c3C3C=CCC32)cc1O. The predicted octanol–water partition coefficient (Wildman–Crippen LogP) is 4.44. The number of phenols is 1. The number of nitro groups is 1. The molecular formula is C20H20N2O4. The fraction of sp³-hybridized carbons (Fsp3) is 0.300. The van der Waals surface area contributed by atoms with Crippen molar-refractivity contribution in [3.63, 3.8) is 0 Å². The lowest BCUT2D eigenvalue weighted by molar-refractivity contribution is -0.385. The Balaban J connectivity index is 1.84. The van der Waals surface area contributed by atoms with Crippen LogP contribution in [0, 0.1) is 23.0 Å². The highest BCUT2D eigenvalue weighted by Gasteiger charge is 2.42. The normalized spacial score (nSPS) is 23.1. The minimum absolute atomic E-state index is 0.0132. The largest absolute Gasteiger partial charge is 0.504 e. The predicted molar refractivity (Wildman–Crippen MR) is 98.8 cm³/mol. The summed E-state index contributed by atoms with van der Waals surface area (Å²) in [5.74, 6) is 0.672. The van der Waals surface area contributed by atoms with E-state index in [9.17, 15) is 15.2 Å². The number of aromatic hydroxyl groups is 1. The first kappa shape index (κ1) is 16.4. The number of nitrogens with zero attached hydrogens (tertiary/aromatic N) is 1. The quantitative estimate of drug-likeness (QED) is 0.484. The maximum atomic E-state index is 11.5. The average Bonchev–Trinajstić information content (AvgIpc) is 3.11. The molecule has 1 aliphatic heterocycles. The molecule has 2 aromatic rings. The number of fused-ring (bicyclic) bond motifs is 3. The number of phenolic OH excluding ortho intramolecular Hbond substituents is 1. The molecule has 0 radical (unpaired) electrons. The van der Waals surface area contributed by atoms with Crippen molar-refractivity contribution in [2.75, 3.05) is 12.4 Å². The standard InChI is InChI=1S/C20H20N2O4/c1-11-6-8-15(22(24)25)18-13-4-3-5-14(13)20(21-19(11)18)12-7-9-17(26-2)16(23)10-12/h3-4,6-10,13-14,20-21,23H,5H2,1-2H3. The Hall–Kier alpha value is -3.02. The zero-order valence-corrected chi connectivity index (χ0v) is 14.6. The van der Waals surface area contributed by atoms with Crippen LogP contribution in [0.4, 0.5) is 11.4 Å². The molecule has 0 saturated carbocycles. The van der Waals surface area contributed by atoms with E-state index >= 15 is 0 Å². The van der Waals surface area contributed by atoms with Crippen molar-refractivity contribution in [2.45, 2.75) is 25.3 Å². The molecule has 3 unspecified atom stereocenters. The summed E-state index contributed by atoms with van der Waals surface area (Å²) < 4.78 is 5.13. The molecule has 2 N–H and O–H groups in total. The topological polar surface area (TPSA) is 84.6 Å². The van der Waals surface area contributed by atoms with E-state index in [0.717, 1.165) is 28.8 Å². The van der Waals surface area contributed by atoms with Crippen LogP contribution in [-0.4, -0.2) is 17.1 Å². The second-order valence-corrected chi connectivity index (χ2v) is 6.85. The number of methoxy groups -OCH3 is 1. The fourth-order valence-electron chi connectivity index (χ4n) is 4.22. The maximum Gasteiger partial charge on any atom is 0.275 e. The van der Waals surface area contributed by atoms with E-state index in [0.29, 0.717) is 5.75 Å². The first-order chi connectivity index (χ1) is 12.5. The number of hydrogen-bond acceptors (Lipinski definition) is 5. The van der Waals surface area contributed by atoms with Crippen molar-refractivity contribution in [3.8, 4) is 11.5 Å². The van der Waals surface area contributed by atoms with Gasteiger partial charge in [-0.1, -0.05) is 24.3 Å². The van der Waals surface area contributed by atoms with Gasteiger partial charge in [0.2, 0.25) is 0 Å². The molecule has 2 aromatic carbocycles. The third-order valence-electron chi connectivity index (χ3n) is 5.46. The average molecular weight is 352 g/mol. The number of rotatable bonds is 3. The van der Waals surface area contributed by atoms with E-state index in [4.69, 9.17) is 4.74 Å². The van der Waals surface area contributed by atoms with Crippen LogP contribution in [0.25, 0.3) is 0 Å². The monoisotopic (exact) mass is 352 g/mol. The molecule has 1 aliphatic carbocycles. The molecule has 26 heavy (non-hydrogen) atoms. The zero-order chi connectivity index (χ0) is 18.4. The van der Waals surface area contributed by atoms with Gasteiger partial charge in [0.1, 0.15) is 0 Å². The Labute approximate surface area is 151 Å². The lowest BCUT2D eigenvalue weighted by Gasteiger charge is -2.38. The van der Waals surface area contributed by atoms with Crippen LogP contribution in [0.5, 0.6) is 11.5 Å². The number of nitrogens with one attached hydrogen (secondary N) is 1. The molecule has 4 rings (SSSR count). The van der Waals surface area contributed by atoms with E-state index < -0.39 is 0 Å². The molecular weight excluding hydrogens is 332 g/mol. The van der Waals surface area contributed by atoms with Crippen molar-refractivity contribution >= 4 is 11.4 Å². The first-order valence-electron chi connectivity index (χ1n) is 8.59. The van der Waals surface area contributed by atoms with Crippen molar-refractivity contribution < 1.29 is 14.8 Å². The van der Waals surface area contributed by atoms with Crippen molar-refractivity contribution in [3.05, 3.63) is 69.3 Å². The van der Waals surface area contributed by atoms with Crippen LogP contribution in [0.15, 0.2) is 42.5 Å². The highest BCUT2D eigenvalue weighted by Crippen LogP contribution is 2.53. The van der Waals surface area contributed by atoms with E-state index in [1.54, 1.807) is 24.3 Å². The summed E-state index contributed by atoms with van der Waals surface area (Å²) in [5.41, 5.74) is 3.68. The van der Waals surface area contributed by atoms with Crippen molar-refractivity contribution in [1.29, 1.82) is 0 Å². The van der Waals surface area contributed by atoms with Gasteiger partial charge in [0.25, 0.3) is 5.69 Å². The van der Waals surface area contributed by atoms with E-state index in [1.807, 2.05) is 13.0 Å².